The van der Waals surface area contributed by atoms with Gasteiger partial charge in [0.25, 0.3) is 5.91 Å². The van der Waals surface area contributed by atoms with E-state index in [-0.39, 0.29) is 40.7 Å². The highest BCUT2D eigenvalue weighted by molar-refractivity contribution is 7.89. The minimum atomic E-state index is -3.77. The van der Waals surface area contributed by atoms with Crippen molar-refractivity contribution in [3.8, 4) is 0 Å². The Balaban J connectivity index is 1.41. The minimum Gasteiger partial charge on any atom is -0.423 e. The lowest BCUT2D eigenvalue weighted by atomic mass is 10.0. The first-order valence-corrected chi connectivity index (χ1v) is 13.5. The molecule has 1 amide bonds. The van der Waals surface area contributed by atoms with Crippen LogP contribution >= 0.6 is 0 Å². The van der Waals surface area contributed by atoms with Crippen LogP contribution in [-0.4, -0.2) is 62.2 Å². The van der Waals surface area contributed by atoms with E-state index in [0.29, 0.717) is 25.6 Å². The van der Waals surface area contributed by atoms with Gasteiger partial charge in [0.15, 0.2) is 11.4 Å². The van der Waals surface area contributed by atoms with Crippen molar-refractivity contribution < 1.29 is 26.4 Å². The number of nitrogens with zero attached hydrogens (tertiary/aromatic N) is 4. The highest BCUT2D eigenvalue weighted by Gasteiger charge is 2.29. The van der Waals surface area contributed by atoms with Gasteiger partial charge in [-0.2, -0.15) is 9.29 Å². The van der Waals surface area contributed by atoms with Gasteiger partial charge in [-0.15, -0.1) is 0 Å². The molecule has 0 saturated heterocycles. The fourth-order valence-electron chi connectivity index (χ4n) is 4.39. The molecule has 38 heavy (non-hydrogen) atoms. The van der Waals surface area contributed by atoms with Crippen LogP contribution in [0.2, 0.25) is 0 Å². The molecule has 0 N–H and O–H groups in total. The quantitative estimate of drug-likeness (QED) is 0.352. The second-order valence-electron chi connectivity index (χ2n) is 9.37. The van der Waals surface area contributed by atoms with Crippen molar-refractivity contribution in [3.05, 3.63) is 89.0 Å². The van der Waals surface area contributed by atoms with Crippen LogP contribution in [0.25, 0.3) is 11.1 Å². The van der Waals surface area contributed by atoms with Crippen molar-refractivity contribution in [1.29, 1.82) is 0 Å². The van der Waals surface area contributed by atoms with E-state index in [2.05, 4.69) is 4.98 Å². The molecule has 1 aliphatic rings. The number of rotatable bonds is 7. The monoisotopic (exact) mass is 540 g/mol. The van der Waals surface area contributed by atoms with E-state index in [1.54, 1.807) is 0 Å². The number of fused-ring (bicyclic) bond motifs is 2. The molecular weight excluding hydrogens is 514 g/mol. The van der Waals surface area contributed by atoms with Crippen LogP contribution in [0.4, 0.5) is 14.8 Å². The number of aromatic nitrogens is 1. The Bertz CT molecular complexity index is 1600. The Hall–Kier alpha value is -3.67. The molecule has 0 unspecified atom stereocenters. The summed E-state index contributed by atoms with van der Waals surface area (Å²) in [5.41, 5.74) is 2.00. The molecule has 198 valence electrons. The minimum absolute atomic E-state index is 0.0766. The molecule has 0 radical (unpaired) electrons. The van der Waals surface area contributed by atoms with Crippen molar-refractivity contribution in [2.75, 3.05) is 38.6 Å². The predicted molar refractivity (Wildman–Crippen MR) is 138 cm³/mol. The number of hydrogen-bond donors (Lipinski definition) is 0. The maximum atomic E-state index is 14.2. The topological polar surface area (TPSA) is 87.0 Å². The van der Waals surface area contributed by atoms with Crippen LogP contribution < -0.4 is 4.90 Å². The van der Waals surface area contributed by atoms with E-state index in [1.807, 2.05) is 43.3 Å². The standard InChI is InChI=1S/C27H26F2N4O4S/c1-31(2)13-14-33(27-30-25-23(29)15-21(28)16-24(25)37-27)26(34)19-7-9-22(10-8-19)38(35,36)32-12-11-18-5-3-4-6-20(18)17-32/h3-10,15-16H,11-14,17H2,1-2H3. The second-order valence-corrected chi connectivity index (χ2v) is 11.3. The molecule has 0 fully saturated rings. The SMILES string of the molecule is CN(C)CCN(C(=O)c1ccc(S(=O)(=O)N2CCc3ccccc3C2)cc1)c1nc2c(F)cc(F)cc2o1. The molecular formula is C27H26F2N4O4S. The normalized spacial score (nSPS) is 14.1. The number of benzene rings is 3. The lowest BCUT2D eigenvalue weighted by Crippen LogP contribution is -2.37. The van der Waals surface area contributed by atoms with Crippen LogP contribution in [0.5, 0.6) is 0 Å². The maximum Gasteiger partial charge on any atom is 0.305 e. The third kappa shape index (κ3) is 5.04. The summed E-state index contributed by atoms with van der Waals surface area (Å²) >= 11 is 0. The van der Waals surface area contributed by atoms with Gasteiger partial charge in [0, 0.05) is 43.9 Å². The Morgan fingerprint density at radius 3 is 2.45 bits per heavy atom. The Kier molecular flexibility index (Phi) is 6.99. The average molecular weight is 541 g/mol. The maximum absolute atomic E-state index is 14.2. The number of oxazole rings is 1. The van der Waals surface area contributed by atoms with Crippen molar-refractivity contribution >= 4 is 33.0 Å². The highest BCUT2D eigenvalue weighted by Crippen LogP contribution is 2.28. The lowest BCUT2D eigenvalue weighted by Gasteiger charge is -2.28. The number of anilines is 1. The van der Waals surface area contributed by atoms with Crippen molar-refractivity contribution in [3.63, 3.8) is 0 Å². The molecule has 0 saturated carbocycles. The summed E-state index contributed by atoms with van der Waals surface area (Å²) in [5, 5.41) is 0. The number of sulfonamides is 1. The molecule has 2 heterocycles. The molecule has 5 rings (SSSR count). The Morgan fingerprint density at radius 1 is 1.03 bits per heavy atom. The summed E-state index contributed by atoms with van der Waals surface area (Å²) < 4.78 is 61.5. The van der Waals surface area contributed by atoms with Gasteiger partial charge in [-0.1, -0.05) is 24.3 Å². The van der Waals surface area contributed by atoms with E-state index in [1.165, 1.54) is 33.5 Å². The summed E-state index contributed by atoms with van der Waals surface area (Å²) in [4.78, 5) is 20.7. The number of carbonyl (C=O) groups is 1. The molecule has 0 bridgehead atoms. The predicted octanol–water partition coefficient (Wildman–Crippen LogP) is 4.06. The molecule has 1 aliphatic heterocycles. The van der Waals surface area contributed by atoms with Gasteiger partial charge in [-0.3, -0.25) is 9.69 Å². The van der Waals surface area contributed by atoms with Gasteiger partial charge < -0.3 is 9.32 Å². The third-order valence-corrected chi connectivity index (χ3v) is 8.34. The number of likely N-dealkylation sites (N-methyl/N-ethyl adjacent to an activating group) is 1. The fraction of sp³-hybridized carbons (Fsp3) is 0.259. The first-order chi connectivity index (χ1) is 18.1. The summed E-state index contributed by atoms with van der Waals surface area (Å²) in [7, 11) is -0.130. The van der Waals surface area contributed by atoms with Crippen LogP contribution in [0.1, 0.15) is 21.5 Å². The van der Waals surface area contributed by atoms with Crippen molar-refractivity contribution in [2.45, 2.75) is 17.9 Å². The molecule has 3 aromatic carbocycles. The van der Waals surface area contributed by atoms with Gasteiger partial charge in [0.05, 0.1) is 4.90 Å². The Labute approximate surface area is 219 Å². The summed E-state index contributed by atoms with van der Waals surface area (Å²) in [6.07, 6.45) is 0.627. The van der Waals surface area contributed by atoms with Gasteiger partial charge in [-0.25, -0.2) is 17.2 Å². The van der Waals surface area contributed by atoms with Crippen molar-refractivity contribution in [2.24, 2.45) is 0 Å². The zero-order valence-electron chi connectivity index (χ0n) is 20.9. The number of hydrogen-bond acceptors (Lipinski definition) is 6. The zero-order chi connectivity index (χ0) is 27.0. The molecule has 11 heteroatoms. The summed E-state index contributed by atoms with van der Waals surface area (Å²) in [6, 6.07) is 14.9. The van der Waals surface area contributed by atoms with Crippen LogP contribution in [0, 0.1) is 11.6 Å². The summed E-state index contributed by atoms with van der Waals surface area (Å²) in [6.45, 7) is 1.24. The molecule has 1 aromatic heterocycles. The smallest absolute Gasteiger partial charge is 0.305 e. The highest BCUT2D eigenvalue weighted by atomic mass is 32.2. The van der Waals surface area contributed by atoms with Crippen molar-refractivity contribution in [1.82, 2.24) is 14.2 Å². The van der Waals surface area contributed by atoms with Gasteiger partial charge >= 0.3 is 6.01 Å². The largest absolute Gasteiger partial charge is 0.423 e. The zero-order valence-corrected chi connectivity index (χ0v) is 21.7. The third-order valence-electron chi connectivity index (χ3n) is 6.48. The van der Waals surface area contributed by atoms with E-state index in [9.17, 15) is 22.0 Å². The van der Waals surface area contributed by atoms with E-state index < -0.39 is 27.6 Å². The molecule has 0 spiro atoms. The first kappa shape index (κ1) is 26.0. The average Bonchev–Trinajstić information content (AvgIpc) is 3.32. The molecule has 8 nitrogen and oxygen atoms in total. The second kappa shape index (κ2) is 10.2. The lowest BCUT2D eigenvalue weighted by molar-refractivity contribution is 0.0980. The summed E-state index contributed by atoms with van der Waals surface area (Å²) in [5.74, 6) is -2.24. The number of amides is 1. The van der Waals surface area contributed by atoms with Crippen LogP contribution in [0.3, 0.4) is 0 Å². The van der Waals surface area contributed by atoms with E-state index >= 15 is 0 Å². The molecule has 0 atom stereocenters. The first-order valence-electron chi connectivity index (χ1n) is 12.0. The number of carbonyl (C=O) groups excluding carboxylic acids is 1. The van der Waals surface area contributed by atoms with Crippen LogP contribution in [0.15, 0.2) is 70.0 Å². The van der Waals surface area contributed by atoms with Gasteiger partial charge in [0.1, 0.15) is 11.3 Å². The van der Waals surface area contributed by atoms with Crippen LogP contribution in [-0.2, 0) is 23.0 Å². The van der Waals surface area contributed by atoms with Gasteiger partial charge in [0.2, 0.25) is 10.0 Å². The molecule has 4 aromatic rings. The Morgan fingerprint density at radius 2 is 1.74 bits per heavy atom. The molecule has 0 aliphatic carbocycles. The van der Waals surface area contributed by atoms with E-state index in [0.717, 1.165) is 17.2 Å². The fourth-order valence-corrected chi connectivity index (χ4v) is 5.81. The van der Waals surface area contributed by atoms with Gasteiger partial charge in [-0.05, 0) is 55.9 Å². The van der Waals surface area contributed by atoms with E-state index in [4.69, 9.17) is 4.42 Å². The number of halogens is 2.